The van der Waals surface area contributed by atoms with Crippen LogP contribution in [0.2, 0.25) is 0 Å². The average Bonchev–Trinajstić information content (AvgIpc) is 2.76. The van der Waals surface area contributed by atoms with Gasteiger partial charge >= 0.3 is 6.03 Å². The topological polar surface area (TPSA) is 77.5 Å². The van der Waals surface area contributed by atoms with E-state index >= 15 is 0 Å². The standard InChI is InChI=1S/C17H28N4O2/c1-21(2)15-9-7-8-14(20-15)12-18-16(22)19-13-17(23)10-5-3-4-6-11-17/h7-9,23H,3-6,10-13H2,1-2H3,(H2,18,19,22). The number of amides is 2. The summed E-state index contributed by atoms with van der Waals surface area (Å²) < 4.78 is 0. The van der Waals surface area contributed by atoms with E-state index in [0.717, 1.165) is 37.2 Å². The van der Waals surface area contributed by atoms with Crippen molar-refractivity contribution in [2.75, 3.05) is 25.5 Å². The highest BCUT2D eigenvalue weighted by Crippen LogP contribution is 2.26. The summed E-state index contributed by atoms with van der Waals surface area (Å²) in [6.07, 6.45) is 5.92. The Hall–Kier alpha value is -1.82. The molecule has 0 spiro atoms. The minimum atomic E-state index is -0.753. The van der Waals surface area contributed by atoms with Gasteiger partial charge in [-0.25, -0.2) is 9.78 Å². The molecule has 1 aromatic heterocycles. The van der Waals surface area contributed by atoms with Gasteiger partial charge in [-0.3, -0.25) is 0 Å². The zero-order chi connectivity index (χ0) is 16.7. The van der Waals surface area contributed by atoms with Crippen LogP contribution >= 0.6 is 0 Å². The van der Waals surface area contributed by atoms with Crippen LogP contribution in [-0.4, -0.2) is 42.4 Å². The van der Waals surface area contributed by atoms with E-state index in [0.29, 0.717) is 13.1 Å². The molecule has 0 aromatic carbocycles. The molecule has 0 atom stereocenters. The predicted molar refractivity (Wildman–Crippen MR) is 91.5 cm³/mol. The van der Waals surface area contributed by atoms with E-state index in [1.807, 2.05) is 37.2 Å². The zero-order valence-electron chi connectivity index (χ0n) is 14.1. The van der Waals surface area contributed by atoms with Gasteiger partial charge in [0.25, 0.3) is 0 Å². The third kappa shape index (κ3) is 5.71. The van der Waals surface area contributed by atoms with Crippen LogP contribution in [0.4, 0.5) is 10.6 Å². The highest BCUT2D eigenvalue weighted by molar-refractivity contribution is 5.73. The van der Waals surface area contributed by atoms with Gasteiger partial charge in [-0.2, -0.15) is 0 Å². The Morgan fingerprint density at radius 1 is 1.22 bits per heavy atom. The Labute approximate surface area is 138 Å². The Morgan fingerprint density at radius 2 is 1.91 bits per heavy atom. The van der Waals surface area contributed by atoms with Crippen LogP contribution in [0.25, 0.3) is 0 Å². The summed E-state index contributed by atoms with van der Waals surface area (Å²) in [7, 11) is 3.86. The number of nitrogens with zero attached hydrogens (tertiary/aromatic N) is 2. The van der Waals surface area contributed by atoms with Crippen LogP contribution in [0, 0.1) is 0 Å². The molecule has 1 aromatic rings. The number of hydrogen-bond acceptors (Lipinski definition) is 4. The lowest BCUT2D eigenvalue weighted by molar-refractivity contribution is 0.0276. The predicted octanol–water partition coefficient (Wildman–Crippen LogP) is 2.03. The monoisotopic (exact) mass is 320 g/mol. The molecule has 1 aliphatic rings. The second-order valence-corrected chi connectivity index (χ2v) is 6.56. The van der Waals surface area contributed by atoms with Gasteiger partial charge in [0.2, 0.25) is 0 Å². The molecule has 128 valence electrons. The van der Waals surface area contributed by atoms with Gasteiger partial charge in [0.1, 0.15) is 5.82 Å². The summed E-state index contributed by atoms with van der Waals surface area (Å²) in [6.45, 7) is 0.677. The summed E-state index contributed by atoms with van der Waals surface area (Å²) in [5.74, 6) is 0.859. The van der Waals surface area contributed by atoms with Crippen molar-refractivity contribution in [3.8, 4) is 0 Å². The fourth-order valence-corrected chi connectivity index (χ4v) is 2.86. The number of rotatable bonds is 5. The van der Waals surface area contributed by atoms with Gasteiger partial charge in [-0.05, 0) is 25.0 Å². The highest BCUT2D eigenvalue weighted by Gasteiger charge is 2.28. The molecule has 2 amide bonds. The number of aliphatic hydroxyl groups is 1. The number of nitrogens with one attached hydrogen (secondary N) is 2. The minimum absolute atomic E-state index is 0.264. The Bertz CT molecular complexity index is 511. The fourth-order valence-electron chi connectivity index (χ4n) is 2.86. The van der Waals surface area contributed by atoms with Crippen LogP contribution in [-0.2, 0) is 6.54 Å². The van der Waals surface area contributed by atoms with Crippen molar-refractivity contribution in [3.63, 3.8) is 0 Å². The van der Waals surface area contributed by atoms with E-state index < -0.39 is 5.60 Å². The molecular weight excluding hydrogens is 292 g/mol. The number of aromatic nitrogens is 1. The van der Waals surface area contributed by atoms with Crippen LogP contribution in [0.5, 0.6) is 0 Å². The lowest BCUT2D eigenvalue weighted by atomic mass is 9.95. The molecule has 0 aliphatic heterocycles. The lowest BCUT2D eigenvalue weighted by Gasteiger charge is -2.26. The van der Waals surface area contributed by atoms with E-state index in [9.17, 15) is 9.90 Å². The van der Waals surface area contributed by atoms with E-state index in [1.54, 1.807) is 0 Å². The molecule has 1 aliphatic carbocycles. The van der Waals surface area contributed by atoms with E-state index in [-0.39, 0.29) is 6.03 Å². The molecule has 0 radical (unpaired) electrons. The van der Waals surface area contributed by atoms with Crippen LogP contribution in [0.3, 0.4) is 0 Å². The SMILES string of the molecule is CN(C)c1cccc(CNC(=O)NCC2(O)CCCCCC2)n1. The maximum atomic E-state index is 11.9. The first-order valence-corrected chi connectivity index (χ1v) is 8.36. The Kier molecular flexibility index (Phi) is 6.21. The molecule has 6 heteroatoms. The number of urea groups is 1. The van der Waals surface area contributed by atoms with Crippen LogP contribution < -0.4 is 15.5 Å². The molecule has 23 heavy (non-hydrogen) atoms. The number of carbonyl (C=O) groups excluding carboxylic acids is 1. The van der Waals surface area contributed by atoms with E-state index in [1.165, 1.54) is 12.8 Å². The van der Waals surface area contributed by atoms with E-state index in [4.69, 9.17) is 0 Å². The summed E-state index contributed by atoms with van der Waals surface area (Å²) in [5, 5.41) is 16.1. The van der Waals surface area contributed by atoms with Gasteiger partial charge in [0, 0.05) is 20.6 Å². The normalized spacial score (nSPS) is 17.2. The summed E-state index contributed by atoms with van der Waals surface area (Å²) in [5.41, 5.74) is 0.0521. The summed E-state index contributed by atoms with van der Waals surface area (Å²) in [4.78, 5) is 18.3. The van der Waals surface area contributed by atoms with Crippen molar-refractivity contribution in [2.45, 2.75) is 50.7 Å². The minimum Gasteiger partial charge on any atom is -0.388 e. The number of anilines is 1. The fraction of sp³-hybridized carbons (Fsp3) is 0.647. The van der Waals surface area contributed by atoms with Crippen LogP contribution in [0.15, 0.2) is 18.2 Å². The molecule has 6 nitrogen and oxygen atoms in total. The van der Waals surface area contributed by atoms with Crippen molar-refractivity contribution in [1.82, 2.24) is 15.6 Å². The van der Waals surface area contributed by atoms with Gasteiger partial charge < -0.3 is 20.6 Å². The smallest absolute Gasteiger partial charge is 0.315 e. The summed E-state index contributed by atoms with van der Waals surface area (Å²) in [6, 6.07) is 5.46. The molecule has 0 bridgehead atoms. The average molecular weight is 320 g/mol. The Balaban J connectivity index is 1.77. The summed E-state index contributed by atoms with van der Waals surface area (Å²) >= 11 is 0. The molecule has 2 rings (SSSR count). The number of carbonyl (C=O) groups is 1. The molecule has 3 N–H and O–H groups in total. The maximum absolute atomic E-state index is 11.9. The van der Waals surface area contributed by atoms with Gasteiger partial charge in [0.15, 0.2) is 0 Å². The molecule has 1 fully saturated rings. The van der Waals surface area contributed by atoms with E-state index in [2.05, 4.69) is 15.6 Å². The van der Waals surface area contributed by atoms with Gasteiger partial charge in [-0.15, -0.1) is 0 Å². The van der Waals surface area contributed by atoms with Gasteiger partial charge in [-0.1, -0.05) is 31.7 Å². The molecule has 1 saturated carbocycles. The third-order valence-corrected chi connectivity index (χ3v) is 4.29. The first-order valence-electron chi connectivity index (χ1n) is 8.36. The number of pyridine rings is 1. The van der Waals surface area contributed by atoms with Crippen molar-refractivity contribution in [1.29, 1.82) is 0 Å². The molecule has 0 unspecified atom stereocenters. The Morgan fingerprint density at radius 3 is 2.57 bits per heavy atom. The quantitative estimate of drug-likeness (QED) is 0.726. The second-order valence-electron chi connectivity index (χ2n) is 6.56. The second kappa shape index (κ2) is 8.15. The maximum Gasteiger partial charge on any atom is 0.315 e. The molecule has 0 saturated heterocycles. The van der Waals surface area contributed by atoms with Gasteiger partial charge in [0.05, 0.1) is 17.8 Å². The van der Waals surface area contributed by atoms with Crippen molar-refractivity contribution in [3.05, 3.63) is 23.9 Å². The van der Waals surface area contributed by atoms with Crippen LogP contribution in [0.1, 0.15) is 44.2 Å². The van der Waals surface area contributed by atoms with Crippen molar-refractivity contribution < 1.29 is 9.90 Å². The van der Waals surface area contributed by atoms with Crippen molar-refractivity contribution in [2.24, 2.45) is 0 Å². The first kappa shape index (κ1) is 17.5. The first-order chi connectivity index (χ1) is 11.0. The highest BCUT2D eigenvalue weighted by atomic mass is 16.3. The zero-order valence-corrected chi connectivity index (χ0v) is 14.1. The molecular formula is C17H28N4O2. The largest absolute Gasteiger partial charge is 0.388 e. The molecule has 1 heterocycles. The van der Waals surface area contributed by atoms with Crippen molar-refractivity contribution >= 4 is 11.8 Å². The third-order valence-electron chi connectivity index (χ3n) is 4.29. The number of hydrogen-bond donors (Lipinski definition) is 3. The lowest BCUT2D eigenvalue weighted by Crippen LogP contribution is -2.46.